The fourth-order valence-corrected chi connectivity index (χ4v) is 2.17. The maximum Gasteiger partial charge on any atom is 0.337 e. The molecular formula is C14H11IN2O3. The normalized spacial score (nSPS) is 9.85. The first kappa shape index (κ1) is 14.3. The highest BCUT2D eigenvalue weighted by Crippen LogP contribution is 2.16. The number of amides is 2. The number of urea groups is 1. The highest BCUT2D eigenvalue weighted by atomic mass is 127. The molecule has 102 valence electrons. The summed E-state index contributed by atoms with van der Waals surface area (Å²) >= 11 is 2.14. The number of nitrogens with one attached hydrogen (secondary N) is 2. The lowest BCUT2D eigenvalue weighted by molar-refractivity contribution is 0.0698. The van der Waals surface area contributed by atoms with Crippen LogP contribution in [0.1, 0.15) is 10.4 Å². The van der Waals surface area contributed by atoms with Crippen molar-refractivity contribution in [1.29, 1.82) is 0 Å². The third-order valence-electron chi connectivity index (χ3n) is 2.49. The largest absolute Gasteiger partial charge is 0.478 e. The number of para-hydroxylation sites is 1. The lowest BCUT2D eigenvalue weighted by Gasteiger charge is -2.09. The Kier molecular flexibility index (Phi) is 4.57. The SMILES string of the molecule is O=C(Nc1cccc(I)c1)Nc1ccccc1C(=O)O. The molecule has 2 aromatic rings. The van der Waals surface area contributed by atoms with Crippen LogP contribution in [0.15, 0.2) is 48.5 Å². The maximum absolute atomic E-state index is 11.9. The number of carboxylic acids is 1. The number of carbonyl (C=O) groups excluding carboxylic acids is 1. The van der Waals surface area contributed by atoms with E-state index in [2.05, 4.69) is 33.2 Å². The van der Waals surface area contributed by atoms with E-state index in [0.717, 1.165) is 3.57 Å². The van der Waals surface area contributed by atoms with Crippen LogP contribution in [0.25, 0.3) is 0 Å². The highest BCUT2D eigenvalue weighted by Gasteiger charge is 2.11. The van der Waals surface area contributed by atoms with Gasteiger partial charge in [-0.3, -0.25) is 0 Å². The van der Waals surface area contributed by atoms with Gasteiger partial charge in [0.2, 0.25) is 0 Å². The van der Waals surface area contributed by atoms with Crippen molar-refractivity contribution in [3.63, 3.8) is 0 Å². The van der Waals surface area contributed by atoms with Gasteiger partial charge in [-0.15, -0.1) is 0 Å². The number of rotatable bonds is 3. The molecule has 20 heavy (non-hydrogen) atoms. The van der Waals surface area contributed by atoms with E-state index in [-0.39, 0.29) is 11.3 Å². The summed E-state index contributed by atoms with van der Waals surface area (Å²) in [4.78, 5) is 22.9. The van der Waals surface area contributed by atoms with Gasteiger partial charge in [-0.2, -0.15) is 0 Å². The monoisotopic (exact) mass is 382 g/mol. The molecule has 2 amide bonds. The summed E-state index contributed by atoms with van der Waals surface area (Å²) < 4.78 is 0.992. The average Bonchev–Trinajstić information content (AvgIpc) is 2.38. The van der Waals surface area contributed by atoms with Gasteiger partial charge in [0.05, 0.1) is 11.3 Å². The van der Waals surface area contributed by atoms with Crippen LogP contribution >= 0.6 is 22.6 Å². The number of hydrogen-bond acceptors (Lipinski definition) is 2. The molecule has 0 aliphatic heterocycles. The van der Waals surface area contributed by atoms with Gasteiger partial charge in [0, 0.05) is 9.26 Å². The smallest absolute Gasteiger partial charge is 0.337 e. The summed E-state index contributed by atoms with van der Waals surface area (Å²) in [6, 6.07) is 13.0. The van der Waals surface area contributed by atoms with Crippen molar-refractivity contribution in [2.24, 2.45) is 0 Å². The molecule has 0 saturated carbocycles. The zero-order valence-electron chi connectivity index (χ0n) is 10.3. The first-order valence-electron chi connectivity index (χ1n) is 5.72. The molecular weight excluding hydrogens is 371 g/mol. The molecule has 0 unspecified atom stereocenters. The van der Waals surface area contributed by atoms with E-state index < -0.39 is 12.0 Å². The Balaban J connectivity index is 2.11. The molecule has 3 N–H and O–H groups in total. The summed E-state index contributed by atoms with van der Waals surface area (Å²) in [5.41, 5.74) is 0.940. The van der Waals surface area contributed by atoms with Crippen LogP contribution in [-0.4, -0.2) is 17.1 Å². The van der Waals surface area contributed by atoms with Crippen LogP contribution in [0.5, 0.6) is 0 Å². The molecule has 2 aromatic carbocycles. The van der Waals surface area contributed by atoms with Crippen molar-refractivity contribution in [2.75, 3.05) is 10.6 Å². The summed E-state index contributed by atoms with van der Waals surface area (Å²) in [6.07, 6.45) is 0. The second kappa shape index (κ2) is 6.38. The maximum atomic E-state index is 11.9. The minimum Gasteiger partial charge on any atom is -0.478 e. The van der Waals surface area contributed by atoms with Crippen molar-refractivity contribution in [2.45, 2.75) is 0 Å². The highest BCUT2D eigenvalue weighted by molar-refractivity contribution is 14.1. The van der Waals surface area contributed by atoms with Crippen molar-refractivity contribution >= 4 is 46.0 Å². The molecule has 5 nitrogen and oxygen atoms in total. The summed E-state index contributed by atoms with van der Waals surface area (Å²) in [7, 11) is 0. The van der Waals surface area contributed by atoms with E-state index in [9.17, 15) is 9.59 Å². The van der Waals surface area contributed by atoms with E-state index in [1.807, 2.05) is 18.2 Å². The van der Waals surface area contributed by atoms with Gasteiger partial charge >= 0.3 is 12.0 Å². The van der Waals surface area contributed by atoms with Crippen LogP contribution in [-0.2, 0) is 0 Å². The van der Waals surface area contributed by atoms with E-state index in [1.165, 1.54) is 12.1 Å². The van der Waals surface area contributed by atoms with Crippen LogP contribution in [0.4, 0.5) is 16.2 Å². The molecule has 0 bridgehead atoms. The number of benzene rings is 2. The molecule has 0 radical (unpaired) electrons. The molecule has 0 saturated heterocycles. The third kappa shape index (κ3) is 3.70. The fraction of sp³-hybridized carbons (Fsp3) is 0. The molecule has 6 heteroatoms. The van der Waals surface area contributed by atoms with Crippen LogP contribution in [0, 0.1) is 3.57 Å². The second-order valence-electron chi connectivity index (χ2n) is 3.94. The second-order valence-corrected chi connectivity index (χ2v) is 5.19. The molecule has 0 aromatic heterocycles. The number of aromatic carboxylic acids is 1. The summed E-state index contributed by atoms with van der Waals surface area (Å²) in [6.45, 7) is 0. The number of carboxylic acid groups (broad SMARTS) is 1. The lowest BCUT2D eigenvalue weighted by atomic mass is 10.2. The number of anilines is 2. The Labute approximate surface area is 129 Å². The van der Waals surface area contributed by atoms with E-state index >= 15 is 0 Å². The molecule has 0 atom stereocenters. The van der Waals surface area contributed by atoms with Gasteiger partial charge in [0.25, 0.3) is 0 Å². The van der Waals surface area contributed by atoms with Gasteiger partial charge in [-0.1, -0.05) is 18.2 Å². The van der Waals surface area contributed by atoms with Crippen LogP contribution < -0.4 is 10.6 Å². The van der Waals surface area contributed by atoms with Gasteiger partial charge in [-0.25, -0.2) is 9.59 Å². The zero-order chi connectivity index (χ0) is 14.5. The quantitative estimate of drug-likeness (QED) is 0.710. The van der Waals surface area contributed by atoms with Crippen molar-refractivity contribution in [3.8, 4) is 0 Å². The number of halogens is 1. The molecule has 0 fully saturated rings. The topological polar surface area (TPSA) is 78.4 Å². The molecule has 2 rings (SSSR count). The first-order valence-corrected chi connectivity index (χ1v) is 6.80. The van der Waals surface area contributed by atoms with Crippen molar-refractivity contribution in [1.82, 2.24) is 0 Å². The van der Waals surface area contributed by atoms with Gasteiger partial charge in [-0.05, 0) is 52.9 Å². The zero-order valence-corrected chi connectivity index (χ0v) is 12.4. The average molecular weight is 382 g/mol. The van der Waals surface area contributed by atoms with Crippen molar-refractivity contribution < 1.29 is 14.7 Å². The Morgan fingerprint density at radius 1 is 1.00 bits per heavy atom. The van der Waals surface area contributed by atoms with E-state index in [4.69, 9.17) is 5.11 Å². The number of hydrogen-bond donors (Lipinski definition) is 3. The fourth-order valence-electron chi connectivity index (χ4n) is 1.63. The Hall–Kier alpha value is -2.09. The summed E-state index contributed by atoms with van der Waals surface area (Å²) in [5.74, 6) is -1.09. The molecule has 0 heterocycles. The van der Waals surface area contributed by atoms with Gasteiger partial charge in [0.15, 0.2) is 0 Å². The van der Waals surface area contributed by atoms with E-state index in [0.29, 0.717) is 5.69 Å². The third-order valence-corrected chi connectivity index (χ3v) is 3.16. The first-order chi connectivity index (χ1) is 9.56. The lowest BCUT2D eigenvalue weighted by Crippen LogP contribution is -2.21. The Morgan fingerprint density at radius 2 is 1.75 bits per heavy atom. The van der Waals surface area contributed by atoms with Gasteiger partial charge in [0.1, 0.15) is 0 Å². The van der Waals surface area contributed by atoms with Gasteiger partial charge < -0.3 is 15.7 Å². The predicted molar refractivity (Wildman–Crippen MR) is 85.2 cm³/mol. The molecule has 0 aliphatic carbocycles. The molecule has 0 spiro atoms. The standard InChI is InChI=1S/C14H11IN2O3/c15-9-4-3-5-10(8-9)16-14(20)17-12-7-2-1-6-11(12)13(18)19/h1-8H,(H,18,19)(H2,16,17,20). The predicted octanol–water partition coefficient (Wildman–Crippen LogP) is 3.63. The minimum absolute atomic E-state index is 0.0466. The minimum atomic E-state index is -1.09. The van der Waals surface area contributed by atoms with Crippen molar-refractivity contribution in [3.05, 3.63) is 57.7 Å². The summed E-state index contributed by atoms with van der Waals surface area (Å²) in [5, 5.41) is 14.2. The van der Waals surface area contributed by atoms with E-state index in [1.54, 1.807) is 18.2 Å². The molecule has 0 aliphatic rings. The Morgan fingerprint density at radius 3 is 2.45 bits per heavy atom. The Bertz CT molecular complexity index is 658. The number of carbonyl (C=O) groups is 2. The van der Waals surface area contributed by atoms with Crippen LogP contribution in [0.3, 0.4) is 0 Å². The van der Waals surface area contributed by atoms with Crippen LogP contribution in [0.2, 0.25) is 0 Å².